The van der Waals surface area contributed by atoms with Crippen molar-refractivity contribution in [2.24, 2.45) is 0 Å². The summed E-state index contributed by atoms with van der Waals surface area (Å²) in [5, 5.41) is 0.800. The zero-order valence-electron chi connectivity index (χ0n) is 17.6. The maximum atomic E-state index is 13.0. The van der Waals surface area contributed by atoms with Gasteiger partial charge < -0.3 is 14.5 Å². The highest BCUT2D eigenvalue weighted by atomic mass is 16.6. The van der Waals surface area contributed by atoms with Crippen molar-refractivity contribution in [2.75, 3.05) is 6.54 Å². The van der Waals surface area contributed by atoms with Crippen LogP contribution in [0.3, 0.4) is 0 Å². The summed E-state index contributed by atoms with van der Waals surface area (Å²) in [6.45, 7) is 9.14. The Morgan fingerprint density at radius 3 is 2.59 bits per heavy atom. The number of nitrogens with one attached hydrogen (secondary N) is 1. The molecule has 29 heavy (non-hydrogen) atoms. The van der Waals surface area contributed by atoms with E-state index >= 15 is 0 Å². The van der Waals surface area contributed by atoms with Crippen molar-refractivity contribution in [1.82, 2.24) is 9.88 Å². The Morgan fingerprint density at radius 2 is 1.90 bits per heavy atom. The van der Waals surface area contributed by atoms with Gasteiger partial charge in [-0.15, -0.1) is 0 Å². The number of fused-ring (bicyclic) bond motifs is 1. The van der Waals surface area contributed by atoms with E-state index in [2.05, 4.69) is 4.98 Å². The predicted molar refractivity (Wildman–Crippen MR) is 109 cm³/mol. The number of hydrogen-bond acceptors (Lipinski definition) is 5. The molecule has 3 rings (SSSR count). The van der Waals surface area contributed by atoms with Crippen molar-refractivity contribution in [3.8, 4) is 0 Å². The van der Waals surface area contributed by atoms with Crippen LogP contribution in [0.1, 0.15) is 56.6 Å². The molecule has 0 radical (unpaired) electrons. The van der Waals surface area contributed by atoms with E-state index in [0.717, 1.165) is 16.6 Å². The van der Waals surface area contributed by atoms with E-state index in [1.54, 1.807) is 27.7 Å². The molecule has 1 fully saturated rings. The molecule has 1 amide bonds. The quantitative estimate of drug-likeness (QED) is 0.619. The average molecular weight is 400 g/mol. The van der Waals surface area contributed by atoms with Gasteiger partial charge in [0.1, 0.15) is 11.6 Å². The Morgan fingerprint density at radius 1 is 1.21 bits per heavy atom. The molecule has 1 aromatic carbocycles. The fraction of sp³-hybridized carbons (Fsp3) is 0.500. The number of Topliss-reactive ketones (excluding diaryl/α,β-unsaturated/α-hetero) is 1. The Hall–Kier alpha value is -2.83. The Kier molecular flexibility index (Phi) is 5.68. The van der Waals surface area contributed by atoms with Gasteiger partial charge in [0.15, 0.2) is 6.10 Å². The van der Waals surface area contributed by atoms with Crippen LogP contribution >= 0.6 is 0 Å². The molecule has 2 aromatic rings. The number of carbonyl (C=O) groups excluding carboxylic acids is 3. The topological polar surface area (TPSA) is 88.7 Å². The van der Waals surface area contributed by atoms with Crippen molar-refractivity contribution in [1.29, 1.82) is 0 Å². The molecule has 1 aliphatic rings. The lowest BCUT2D eigenvalue weighted by atomic mass is 10.0. The second-order valence-corrected chi connectivity index (χ2v) is 8.45. The van der Waals surface area contributed by atoms with Gasteiger partial charge in [-0.3, -0.25) is 9.69 Å². The number of esters is 1. The number of ether oxygens (including phenoxy) is 2. The third-order valence-corrected chi connectivity index (χ3v) is 4.96. The van der Waals surface area contributed by atoms with E-state index in [1.165, 1.54) is 4.90 Å². The number of amides is 1. The highest BCUT2D eigenvalue weighted by Crippen LogP contribution is 2.25. The average Bonchev–Trinajstić information content (AvgIpc) is 3.23. The number of carbonyl (C=O) groups is 3. The lowest BCUT2D eigenvalue weighted by Gasteiger charge is -2.28. The minimum atomic E-state index is -0.957. The first kappa shape index (κ1) is 20.9. The number of para-hydroxylation sites is 1. The molecule has 0 spiro atoms. The highest BCUT2D eigenvalue weighted by Gasteiger charge is 2.39. The number of aryl methyl sites for hydroxylation is 1. The minimum Gasteiger partial charge on any atom is -0.453 e. The number of hydrogen-bond donors (Lipinski definition) is 1. The van der Waals surface area contributed by atoms with Crippen molar-refractivity contribution >= 4 is 28.7 Å². The van der Waals surface area contributed by atoms with Crippen molar-refractivity contribution < 1.29 is 23.9 Å². The molecule has 2 atom stereocenters. The second kappa shape index (κ2) is 7.89. The van der Waals surface area contributed by atoms with Gasteiger partial charge in [-0.1, -0.05) is 18.2 Å². The summed E-state index contributed by atoms with van der Waals surface area (Å²) in [6, 6.07) is 6.78. The lowest BCUT2D eigenvalue weighted by Crippen LogP contribution is -2.45. The molecule has 2 heterocycles. The van der Waals surface area contributed by atoms with E-state index in [0.29, 0.717) is 24.9 Å². The van der Waals surface area contributed by atoms with Gasteiger partial charge in [0.2, 0.25) is 5.78 Å². The smallest absolute Gasteiger partial charge is 0.411 e. The van der Waals surface area contributed by atoms with Crippen LogP contribution in [0.25, 0.3) is 10.9 Å². The fourth-order valence-electron chi connectivity index (χ4n) is 3.65. The molecular formula is C22H28N2O5. The summed E-state index contributed by atoms with van der Waals surface area (Å²) in [5.41, 5.74) is 1.47. The Bertz CT molecular complexity index is 940. The highest BCUT2D eigenvalue weighted by molar-refractivity contribution is 6.11. The van der Waals surface area contributed by atoms with E-state index in [9.17, 15) is 14.4 Å². The normalized spacial score (nSPS) is 18.0. The first-order valence-corrected chi connectivity index (χ1v) is 9.90. The molecular weight excluding hydrogens is 372 g/mol. The van der Waals surface area contributed by atoms with Gasteiger partial charge in [0, 0.05) is 28.7 Å². The summed E-state index contributed by atoms with van der Waals surface area (Å²) in [6.07, 6.45) is -0.321. The predicted octanol–water partition coefficient (Wildman–Crippen LogP) is 3.99. The molecule has 1 saturated heterocycles. The summed E-state index contributed by atoms with van der Waals surface area (Å²) in [7, 11) is 0. The number of H-pyrrole nitrogens is 1. The largest absolute Gasteiger partial charge is 0.453 e. The monoisotopic (exact) mass is 400 g/mol. The number of aromatic amines is 1. The summed E-state index contributed by atoms with van der Waals surface area (Å²) >= 11 is 0. The third kappa shape index (κ3) is 4.44. The van der Waals surface area contributed by atoms with Crippen molar-refractivity contribution in [3.63, 3.8) is 0 Å². The maximum Gasteiger partial charge on any atom is 0.411 e. The van der Waals surface area contributed by atoms with Gasteiger partial charge in [0.25, 0.3) is 0 Å². The zero-order valence-corrected chi connectivity index (χ0v) is 17.6. The lowest BCUT2D eigenvalue weighted by molar-refractivity contribution is -0.151. The van der Waals surface area contributed by atoms with Crippen molar-refractivity contribution in [2.45, 2.75) is 65.2 Å². The summed E-state index contributed by atoms with van der Waals surface area (Å²) in [4.78, 5) is 42.7. The fourth-order valence-corrected chi connectivity index (χ4v) is 3.65. The number of nitrogens with zero attached hydrogens (tertiary/aromatic N) is 1. The van der Waals surface area contributed by atoms with Crippen LogP contribution < -0.4 is 0 Å². The van der Waals surface area contributed by atoms with Crippen LogP contribution in [0.2, 0.25) is 0 Å². The first-order valence-electron chi connectivity index (χ1n) is 9.90. The van der Waals surface area contributed by atoms with Crippen LogP contribution in [-0.4, -0.2) is 52.0 Å². The minimum absolute atomic E-state index is 0.268. The zero-order chi connectivity index (χ0) is 21.3. The first-order chi connectivity index (χ1) is 13.6. The Labute approximate surface area is 170 Å². The van der Waals surface area contributed by atoms with E-state index in [4.69, 9.17) is 9.47 Å². The molecule has 1 unspecified atom stereocenters. The second-order valence-electron chi connectivity index (χ2n) is 8.45. The third-order valence-electron chi connectivity index (χ3n) is 4.96. The van der Waals surface area contributed by atoms with Gasteiger partial charge in [-0.2, -0.15) is 0 Å². The van der Waals surface area contributed by atoms with Crippen LogP contribution in [0.15, 0.2) is 24.3 Å². The van der Waals surface area contributed by atoms with Gasteiger partial charge in [-0.05, 0) is 53.5 Å². The Balaban J connectivity index is 1.72. The molecule has 7 nitrogen and oxygen atoms in total. The molecule has 1 aliphatic heterocycles. The van der Waals surface area contributed by atoms with Gasteiger partial charge >= 0.3 is 12.1 Å². The SMILES string of the molecule is Cc1[nH]c2ccccc2c1C(=O)C(C)OC(=O)[C@@H]1CCCN1C(=O)OC(C)(C)C. The molecule has 0 saturated carbocycles. The van der Waals surface area contributed by atoms with Crippen LogP contribution in [0.4, 0.5) is 4.79 Å². The van der Waals surface area contributed by atoms with Gasteiger partial charge in [0.05, 0.1) is 0 Å². The van der Waals surface area contributed by atoms with Crippen LogP contribution in [0, 0.1) is 6.92 Å². The number of ketones is 1. The van der Waals surface area contributed by atoms with E-state index in [1.807, 2.05) is 31.2 Å². The van der Waals surface area contributed by atoms with Crippen LogP contribution in [0.5, 0.6) is 0 Å². The molecule has 0 bridgehead atoms. The molecule has 1 aromatic heterocycles. The van der Waals surface area contributed by atoms with Gasteiger partial charge in [-0.25, -0.2) is 9.59 Å². The van der Waals surface area contributed by atoms with Crippen molar-refractivity contribution in [3.05, 3.63) is 35.5 Å². The number of aromatic nitrogens is 1. The van der Waals surface area contributed by atoms with E-state index < -0.39 is 29.8 Å². The number of likely N-dealkylation sites (tertiary alicyclic amines) is 1. The van der Waals surface area contributed by atoms with Crippen LogP contribution in [-0.2, 0) is 14.3 Å². The molecule has 156 valence electrons. The number of benzene rings is 1. The number of rotatable bonds is 4. The van der Waals surface area contributed by atoms with E-state index in [-0.39, 0.29) is 5.78 Å². The maximum absolute atomic E-state index is 13.0. The molecule has 1 N–H and O–H groups in total. The molecule has 0 aliphatic carbocycles. The summed E-state index contributed by atoms with van der Waals surface area (Å²) < 4.78 is 10.9. The molecule has 7 heteroatoms. The standard InChI is InChI=1S/C22H28N2O5/c1-13-18(15-9-6-7-10-16(15)23-13)19(25)14(2)28-20(26)17-11-8-12-24(17)21(27)29-22(3,4)5/h6-7,9-10,14,17,23H,8,11-12H2,1-5H3/t14?,17-/m0/s1. The summed E-state index contributed by atoms with van der Waals surface area (Å²) in [5.74, 6) is -0.846.